The number of aryl methyl sites for hydroxylation is 1. The zero-order valence-corrected chi connectivity index (χ0v) is 8.34. The molecule has 0 saturated heterocycles. The van der Waals surface area contributed by atoms with Crippen molar-refractivity contribution >= 4 is 17.8 Å². The first-order valence-electron chi connectivity index (χ1n) is 4.58. The number of hydrogen-bond donors (Lipinski definition) is 1. The summed E-state index contributed by atoms with van der Waals surface area (Å²) in [5.74, 6) is 1.12. The zero-order chi connectivity index (χ0) is 10.7. The molecule has 4 heteroatoms. The van der Waals surface area contributed by atoms with Crippen LogP contribution in [0.25, 0.3) is 12.2 Å². The van der Waals surface area contributed by atoms with E-state index in [1.54, 1.807) is 13.0 Å². The number of aromatic nitrogens is 2. The van der Waals surface area contributed by atoms with Crippen LogP contribution in [0.1, 0.15) is 17.3 Å². The second-order valence-electron chi connectivity index (χ2n) is 3.18. The van der Waals surface area contributed by atoms with Crippen molar-refractivity contribution in [2.75, 3.05) is 5.73 Å². The van der Waals surface area contributed by atoms with Crippen LogP contribution in [0, 0.1) is 6.92 Å². The largest absolute Gasteiger partial charge is 0.399 e. The van der Waals surface area contributed by atoms with E-state index in [0.29, 0.717) is 11.7 Å². The Hall–Kier alpha value is -2.10. The molecule has 0 fully saturated rings. The van der Waals surface area contributed by atoms with Gasteiger partial charge in [0.2, 0.25) is 0 Å². The summed E-state index contributed by atoms with van der Waals surface area (Å²) in [7, 11) is 0. The topological polar surface area (TPSA) is 64.9 Å². The summed E-state index contributed by atoms with van der Waals surface area (Å²) in [4.78, 5) is 4.05. The summed E-state index contributed by atoms with van der Waals surface area (Å²) in [5.41, 5.74) is 7.39. The van der Waals surface area contributed by atoms with Crippen molar-refractivity contribution in [1.29, 1.82) is 0 Å². The summed E-state index contributed by atoms with van der Waals surface area (Å²) < 4.78 is 4.94. The molecule has 76 valence electrons. The SMILES string of the molecule is Cc1noc(/C=C/c2cccc(N)c2)n1. The molecule has 0 atom stereocenters. The highest BCUT2D eigenvalue weighted by atomic mass is 16.5. The molecule has 15 heavy (non-hydrogen) atoms. The predicted molar refractivity (Wildman–Crippen MR) is 58.8 cm³/mol. The van der Waals surface area contributed by atoms with E-state index in [1.807, 2.05) is 30.3 Å². The fourth-order valence-corrected chi connectivity index (χ4v) is 1.21. The van der Waals surface area contributed by atoms with E-state index < -0.39 is 0 Å². The number of anilines is 1. The molecule has 1 aromatic heterocycles. The van der Waals surface area contributed by atoms with Crippen LogP contribution in [0.15, 0.2) is 28.8 Å². The average molecular weight is 201 g/mol. The minimum Gasteiger partial charge on any atom is -0.399 e. The van der Waals surface area contributed by atoms with E-state index in [0.717, 1.165) is 11.3 Å². The quantitative estimate of drug-likeness (QED) is 0.756. The second kappa shape index (κ2) is 3.96. The molecule has 1 aromatic carbocycles. The van der Waals surface area contributed by atoms with Gasteiger partial charge in [0.05, 0.1) is 0 Å². The average Bonchev–Trinajstić information content (AvgIpc) is 2.62. The molecule has 0 aliphatic heterocycles. The molecule has 0 bridgehead atoms. The Morgan fingerprint density at radius 1 is 1.33 bits per heavy atom. The Kier molecular flexibility index (Phi) is 2.49. The highest BCUT2D eigenvalue weighted by molar-refractivity contribution is 5.67. The molecule has 2 aromatic rings. The molecule has 1 heterocycles. The fraction of sp³-hybridized carbons (Fsp3) is 0.0909. The van der Waals surface area contributed by atoms with Gasteiger partial charge in [-0.2, -0.15) is 4.98 Å². The molecule has 0 aliphatic rings. The molecular formula is C11H11N3O. The minimum absolute atomic E-state index is 0.495. The first-order valence-corrected chi connectivity index (χ1v) is 4.58. The molecule has 2 rings (SSSR count). The first-order chi connectivity index (χ1) is 7.24. The van der Waals surface area contributed by atoms with Crippen LogP contribution in [-0.2, 0) is 0 Å². The van der Waals surface area contributed by atoms with Gasteiger partial charge in [0.15, 0.2) is 5.82 Å². The van der Waals surface area contributed by atoms with Crippen LogP contribution >= 0.6 is 0 Å². The number of nitrogens with zero attached hydrogens (tertiary/aromatic N) is 2. The third kappa shape index (κ3) is 2.43. The van der Waals surface area contributed by atoms with Gasteiger partial charge < -0.3 is 10.3 Å². The molecule has 4 nitrogen and oxygen atoms in total. The van der Waals surface area contributed by atoms with Crippen LogP contribution in [0.5, 0.6) is 0 Å². The van der Waals surface area contributed by atoms with E-state index in [-0.39, 0.29) is 0 Å². The molecule has 0 unspecified atom stereocenters. The second-order valence-corrected chi connectivity index (χ2v) is 3.18. The van der Waals surface area contributed by atoms with Crippen molar-refractivity contribution in [3.8, 4) is 0 Å². The molecule has 2 N–H and O–H groups in total. The Bertz CT molecular complexity index is 488. The Morgan fingerprint density at radius 3 is 2.87 bits per heavy atom. The van der Waals surface area contributed by atoms with Crippen molar-refractivity contribution in [2.24, 2.45) is 0 Å². The van der Waals surface area contributed by atoms with Gasteiger partial charge in [-0.05, 0) is 30.7 Å². The predicted octanol–water partition coefficient (Wildman–Crippen LogP) is 2.13. The summed E-state index contributed by atoms with van der Waals surface area (Å²) >= 11 is 0. The maximum absolute atomic E-state index is 5.65. The summed E-state index contributed by atoms with van der Waals surface area (Å²) in [6.07, 6.45) is 3.64. The Labute approximate surface area is 87.4 Å². The van der Waals surface area contributed by atoms with Gasteiger partial charge in [-0.3, -0.25) is 0 Å². The van der Waals surface area contributed by atoms with Crippen molar-refractivity contribution in [1.82, 2.24) is 10.1 Å². The lowest BCUT2D eigenvalue weighted by atomic mass is 10.2. The van der Waals surface area contributed by atoms with Crippen LogP contribution in [0.4, 0.5) is 5.69 Å². The number of rotatable bonds is 2. The van der Waals surface area contributed by atoms with Gasteiger partial charge in [-0.25, -0.2) is 0 Å². The molecule has 0 radical (unpaired) electrons. The lowest BCUT2D eigenvalue weighted by Gasteiger charge is -1.93. The van der Waals surface area contributed by atoms with Crippen LogP contribution < -0.4 is 5.73 Å². The van der Waals surface area contributed by atoms with Gasteiger partial charge in [0, 0.05) is 11.8 Å². The monoisotopic (exact) mass is 201 g/mol. The smallest absolute Gasteiger partial charge is 0.250 e. The van der Waals surface area contributed by atoms with E-state index >= 15 is 0 Å². The maximum atomic E-state index is 5.65. The van der Waals surface area contributed by atoms with Crippen LogP contribution in [0.2, 0.25) is 0 Å². The van der Waals surface area contributed by atoms with E-state index in [9.17, 15) is 0 Å². The number of benzene rings is 1. The highest BCUT2D eigenvalue weighted by Gasteiger charge is 1.96. The van der Waals surface area contributed by atoms with Gasteiger partial charge >= 0.3 is 0 Å². The number of hydrogen-bond acceptors (Lipinski definition) is 4. The van der Waals surface area contributed by atoms with Crippen molar-refractivity contribution < 1.29 is 4.52 Å². The van der Waals surface area contributed by atoms with Crippen LogP contribution in [0.3, 0.4) is 0 Å². The fourth-order valence-electron chi connectivity index (χ4n) is 1.21. The molecular weight excluding hydrogens is 190 g/mol. The van der Waals surface area contributed by atoms with Crippen molar-refractivity contribution in [3.63, 3.8) is 0 Å². The maximum Gasteiger partial charge on any atom is 0.250 e. The molecule has 0 spiro atoms. The van der Waals surface area contributed by atoms with Gasteiger partial charge in [-0.15, -0.1) is 0 Å². The Balaban J connectivity index is 2.18. The third-order valence-electron chi connectivity index (χ3n) is 1.87. The highest BCUT2D eigenvalue weighted by Crippen LogP contribution is 2.10. The molecule has 0 amide bonds. The van der Waals surface area contributed by atoms with Crippen molar-refractivity contribution in [2.45, 2.75) is 6.92 Å². The van der Waals surface area contributed by atoms with Gasteiger partial charge in [-0.1, -0.05) is 17.3 Å². The summed E-state index contributed by atoms with van der Waals surface area (Å²) in [6, 6.07) is 7.57. The standard InChI is InChI=1S/C11H11N3O/c1-8-13-11(15-14-8)6-5-9-3-2-4-10(12)7-9/h2-7H,12H2,1H3/b6-5+. The summed E-state index contributed by atoms with van der Waals surface area (Å²) in [5, 5.41) is 3.68. The number of nitrogens with two attached hydrogens (primary N) is 1. The molecule has 0 aliphatic carbocycles. The van der Waals surface area contributed by atoms with E-state index in [1.165, 1.54) is 0 Å². The van der Waals surface area contributed by atoms with Crippen LogP contribution in [-0.4, -0.2) is 10.1 Å². The third-order valence-corrected chi connectivity index (χ3v) is 1.87. The minimum atomic E-state index is 0.495. The number of nitrogen functional groups attached to an aromatic ring is 1. The van der Waals surface area contributed by atoms with E-state index in [2.05, 4.69) is 10.1 Å². The van der Waals surface area contributed by atoms with E-state index in [4.69, 9.17) is 10.3 Å². The van der Waals surface area contributed by atoms with Gasteiger partial charge in [0.25, 0.3) is 5.89 Å². The zero-order valence-electron chi connectivity index (χ0n) is 8.34. The Morgan fingerprint density at radius 2 is 2.20 bits per heavy atom. The lowest BCUT2D eigenvalue weighted by molar-refractivity contribution is 0.405. The van der Waals surface area contributed by atoms with Crippen molar-refractivity contribution in [3.05, 3.63) is 41.5 Å². The summed E-state index contributed by atoms with van der Waals surface area (Å²) in [6.45, 7) is 1.78. The van der Waals surface area contributed by atoms with Gasteiger partial charge in [0.1, 0.15) is 0 Å². The normalized spacial score (nSPS) is 11.0. The molecule has 0 saturated carbocycles. The first kappa shape index (κ1) is 9.45. The lowest BCUT2D eigenvalue weighted by Crippen LogP contribution is -1.83.